The van der Waals surface area contributed by atoms with E-state index in [1.807, 2.05) is 11.9 Å². The average Bonchev–Trinajstić information content (AvgIpc) is 2.99. The molecule has 0 saturated carbocycles. The highest BCUT2D eigenvalue weighted by molar-refractivity contribution is 5.92. The summed E-state index contributed by atoms with van der Waals surface area (Å²) in [5, 5.41) is 6.94. The molecule has 1 aromatic heterocycles. The first-order valence-corrected chi connectivity index (χ1v) is 9.00. The van der Waals surface area contributed by atoms with E-state index >= 15 is 0 Å². The van der Waals surface area contributed by atoms with Crippen LogP contribution in [0, 0.1) is 0 Å². The first-order valence-electron chi connectivity index (χ1n) is 9.00. The maximum atomic E-state index is 12.3. The van der Waals surface area contributed by atoms with Crippen molar-refractivity contribution in [3.63, 3.8) is 0 Å². The van der Waals surface area contributed by atoms with Crippen LogP contribution in [0.25, 0.3) is 0 Å². The number of hydrogen-bond donors (Lipinski definition) is 1. The number of piperidine rings is 1. The molecule has 136 valence electrons. The Kier molecular flexibility index (Phi) is 5.53. The van der Waals surface area contributed by atoms with Crippen LogP contribution in [-0.2, 0) is 16.6 Å². The molecule has 3 rings (SSSR count). The fourth-order valence-electron chi connectivity index (χ4n) is 3.79. The van der Waals surface area contributed by atoms with E-state index in [0.717, 1.165) is 51.0 Å². The van der Waals surface area contributed by atoms with Gasteiger partial charge >= 0.3 is 0 Å². The van der Waals surface area contributed by atoms with Crippen LogP contribution in [0.1, 0.15) is 32.6 Å². The number of aromatic nitrogens is 2. The summed E-state index contributed by atoms with van der Waals surface area (Å²) < 4.78 is 1.66. The molecule has 7 nitrogen and oxygen atoms in total. The minimum absolute atomic E-state index is 0.0266. The molecule has 0 radical (unpaired) electrons. The first kappa shape index (κ1) is 17.7. The molecule has 1 unspecified atom stereocenters. The monoisotopic (exact) mass is 345 g/mol. The third kappa shape index (κ3) is 4.48. The highest BCUT2D eigenvalue weighted by Crippen LogP contribution is 2.26. The number of anilines is 1. The van der Waals surface area contributed by atoms with Gasteiger partial charge in [-0.25, -0.2) is 0 Å². The largest absolute Gasteiger partial charge is 0.336 e. The van der Waals surface area contributed by atoms with Crippen LogP contribution in [0.5, 0.6) is 0 Å². The molecular weight excluding hydrogens is 318 g/mol. The maximum Gasteiger partial charge on any atom is 0.238 e. The van der Waals surface area contributed by atoms with Gasteiger partial charge in [-0.1, -0.05) is 6.08 Å². The lowest BCUT2D eigenvalue weighted by Crippen LogP contribution is -2.47. The van der Waals surface area contributed by atoms with E-state index in [4.69, 9.17) is 0 Å². The molecule has 0 aromatic carbocycles. The highest BCUT2D eigenvalue weighted by Gasteiger charge is 2.29. The number of hydrogen-bond acceptors (Lipinski definition) is 4. The SMILES string of the molecule is CC(=O)N1CCCCC1C1=CCCN(CC(=O)Nc2cnn(C)c2)C1. The van der Waals surface area contributed by atoms with Crippen molar-refractivity contribution in [2.75, 3.05) is 31.5 Å². The lowest BCUT2D eigenvalue weighted by molar-refractivity contribution is -0.131. The van der Waals surface area contributed by atoms with Gasteiger partial charge in [0.15, 0.2) is 0 Å². The van der Waals surface area contributed by atoms with Gasteiger partial charge in [0, 0.05) is 39.8 Å². The molecule has 1 saturated heterocycles. The van der Waals surface area contributed by atoms with Gasteiger partial charge in [-0.15, -0.1) is 0 Å². The van der Waals surface area contributed by atoms with Crippen LogP contribution in [0.3, 0.4) is 0 Å². The van der Waals surface area contributed by atoms with Crippen molar-refractivity contribution in [3.8, 4) is 0 Å². The molecular formula is C18H27N5O2. The third-order valence-electron chi connectivity index (χ3n) is 4.95. The third-order valence-corrected chi connectivity index (χ3v) is 4.95. The van der Waals surface area contributed by atoms with Crippen molar-refractivity contribution < 1.29 is 9.59 Å². The predicted octanol–water partition coefficient (Wildman–Crippen LogP) is 1.39. The second-order valence-corrected chi connectivity index (χ2v) is 6.95. The number of rotatable bonds is 4. The number of nitrogens with one attached hydrogen (secondary N) is 1. The topological polar surface area (TPSA) is 70.5 Å². The Bertz CT molecular complexity index is 666. The van der Waals surface area contributed by atoms with E-state index in [1.54, 1.807) is 24.0 Å². The number of amides is 2. The summed E-state index contributed by atoms with van der Waals surface area (Å²) in [5.41, 5.74) is 2.01. The van der Waals surface area contributed by atoms with E-state index in [-0.39, 0.29) is 17.9 Å². The molecule has 1 atom stereocenters. The molecule has 2 aliphatic rings. The quantitative estimate of drug-likeness (QED) is 0.837. The molecule has 7 heteroatoms. The van der Waals surface area contributed by atoms with Gasteiger partial charge in [-0.3, -0.25) is 19.2 Å². The minimum atomic E-state index is -0.0266. The number of aryl methyl sites for hydroxylation is 1. The van der Waals surface area contributed by atoms with Crippen molar-refractivity contribution in [1.82, 2.24) is 19.6 Å². The molecule has 1 N–H and O–H groups in total. The average molecular weight is 345 g/mol. The van der Waals surface area contributed by atoms with Crippen LogP contribution >= 0.6 is 0 Å². The molecule has 3 heterocycles. The zero-order chi connectivity index (χ0) is 17.8. The Morgan fingerprint density at radius 1 is 1.32 bits per heavy atom. The van der Waals surface area contributed by atoms with Crippen molar-refractivity contribution >= 4 is 17.5 Å². The number of nitrogens with zero attached hydrogens (tertiary/aromatic N) is 4. The van der Waals surface area contributed by atoms with Crippen LogP contribution in [0.15, 0.2) is 24.0 Å². The standard InChI is InChI=1S/C18H27N5O2/c1-14(24)23-9-4-3-7-17(23)15-6-5-8-22(11-15)13-18(25)20-16-10-19-21(2)12-16/h6,10,12,17H,3-5,7-9,11,13H2,1-2H3,(H,20,25). The van der Waals surface area contributed by atoms with E-state index in [9.17, 15) is 9.59 Å². The van der Waals surface area contributed by atoms with Crippen molar-refractivity contribution in [3.05, 3.63) is 24.0 Å². The summed E-state index contributed by atoms with van der Waals surface area (Å²) in [5.74, 6) is 0.123. The highest BCUT2D eigenvalue weighted by atomic mass is 16.2. The molecule has 0 aliphatic carbocycles. The second kappa shape index (κ2) is 7.82. The summed E-state index contributed by atoms with van der Waals surface area (Å²) in [7, 11) is 1.82. The Balaban J connectivity index is 1.57. The maximum absolute atomic E-state index is 12.3. The molecule has 0 spiro atoms. The fraction of sp³-hybridized carbons (Fsp3) is 0.611. The molecule has 2 amide bonds. The van der Waals surface area contributed by atoms with Gasteiger partial charge in [0.25, 0.3) is 0 Å². The van der Waals surface area contributed by atoms with E-state index in [0.29, 0.717) is 6.54 Å². The molecule has 25 heavy (non-hydrogen) atoms. The first-order chi connectivity index (χ1) is 12.0. The molecule has 1 fully saturated rings. The van der Waals surface area contributed by atoms with Crippen LogP contribution in [0.2, 0.25) is 0 Å². The Labute approximate surface area is 148 Å². The van der Waals surface area contributed by atoms with Crippen LogP contribution < -0.4 is 5.32 Å². The van der Waals surface area contributed by atoms with Gasteiger partial charge < -0.3 is 10.2 Å². The van der Waals surface area contributed by atoms with E-state index in [1.165, 1.54) is 5.57 Å². The van der Waals surface area contributed by atoms with Crippen molar-refractivity contribution in [2.24, 2.45) is 7.05 Å². The predicted molar refractivity (Wildman–Crippen MR) is 96.0 cm³/mol. The summed E-state index contributed by atoms with van der Waals surface area (Å²) in [6.45, 7) is 4.49. The Morgan fingerprint density at radius 2 is 2.16 bits per heavy atom. The number of likely N-dealkylation sites (tertiary alicyclic amines) is 1. The van der Waals surface area contributed by atoms with Crippen molar-refractivity contribution in [2.45, 2.75) is 38.6 Å². The van der Waals surface area contributed by atoms with Gasteiger partial charge in [0.05, 0.1) is 24.5 Å². The van der Waals surface area contributed by atoms with Gasteiger partial charge in [0.1, 0.15) is 0 Å². The lowest BCUT2D eigenvalue weighted by Gasteiger charge is -2.39. The van der Waals surface area contributed by atoms with Crippen molar-refractivity contribution in [1.29, 1.82) is 0 Å². The summed E-state index contributed by atoms with van der Waals surface area (Å²) in [4.78, 5) is 28.4. The molecule has 1 aromatic rings. The van der Waals surface area contributed by atoms with Crippen LogP contribution in [-0.4, -0.2) is 63.6 Å². The van der Waals surface area contributed by atoms with Gasteiger partial charge in [-0.05, 0) is 31.3 Å². The fourth-order valence-corrected chi connectivity index (χ4v) is 3.79. The zero-order valence-corrected chi connectivity index (χ0v) is 15.1. The number of carbonyl (C=O) groups excluding carboxylic acids is 2. The number of carbonyl (C=O) groups is 2. The summed E-state index contributed by atoms with van der Waals surface area (Å²) in [6.07, 6.45) is 9.90. The van der Waals surface area contributed by atoms with Gasteiger partial charge in [0.2, 0.25) is 11.8 Å². The lowest BCUT2D eigenvalue weighted by atomic mass is 9.92. The Morgan fingerprint density at radius 3 is 2.88 bits per heavy atom. The molecule has 0 bridgehead atoms. The smallest absolute Gasteiger partial charge is 0.238 e. The summed E-state index contributed by atoms with van der Waals surface area (Å²) >= 11 is 0. The van der Waals surface area contributed by atoms with E-state index in [2.05, 4.69) is 21.4 Å². The second-order valence-electron chi connectivity index (χ2n) is 6.95. The normalized spacial score (nSPS) is 21.8. The molecule has 2 aliphatic heterocycles. The zero-order valence-electron chi connectivity index (χ0n) is 15.1. The minimum Gasteiger partial charge on any atom is -0.336 e. The van der Waals surface area contributed by atoms with Crippen LogP contribution in [0.4, 0.5) is 5.69 Å². The summed E-state index contributed by atoms with van der Waals surface area (Å²) in [6, 6.07) is 0.204. The Hall–Kier alpha value is -2.15. The van der Waals surface area contributed by atoms with E-state index < -0.39 is 0 Å². The van der Waals surface area contributed by atoms with Gasteiger partial charge in [-0.2, -0.15) is 5.10 Å².